The number of hydrogen-bond acceptors (Lipinski definition) is 6. The van der Waals surface area contributed by atoms with E-state index in [2.05, 4.69) is 4.98 Å². The van der Waals surface area contributed by atoms with E-state index in [0.717, 1.165) is 11.3 Å². The van der Waals surface area contributed by atoms with Gasteiger partial charge in [-0.2, -0.15) is 0 Å². The Bertz CT molecular complexity index is 1010. The van der Waals surface area contributed by atoms with Gasteiger partial charge in [-0.05, 0) is 35.3 Å². The van der Waals surface area contributed by atoms with E-state index >= 15 is 0 Å². The van der Waals surface area contributed by atoms with E-state index in [1.54, 1.807) is 50.4 Å². The first kappa shape index (κ1) is 23.2. The Labute approximate surface area is 186 Å². The molecule has 0 aliphatic heterocycles. The molecule has 0 fully saturated rings. The SMILES string of the molecule is COc1ccc(C(=O)C[n+]2ccc(-c3ccc(OC)c(OC)c3)nc2)c(OC)c1.[Br-]. The van der Waals surface area contributed by atoms with Crippen LogP contribution in [0.25, 0.3) is 11.3 Å². The molecule has 0 saturated heterocycles. The van der Waals surface area contributed by atoms with Crippen molar-refractivity contribution in [3.63, 3.8) is 0 Å². The topological polar surface area (TPSA) is 70.8 Å². The second-order valence-corrected chi connectivity index (χ2v) is 6.18. The molecule has 1 heterocycles. The zero-order valence-corrected chi connectivity index (χ0v) is 18.8. The van der Waals surface area contributed by atoms with E-state index < -0.39 is 0 Å². The van der Waals surface area contributed by atoms with Crippen LogP contribution in [-0.2, 0) is 6.54 Å². The number of carbonyl (C=O) groups is 1. The summed E-state index contributed by atoms with van der Waals surface area (Å²) in [5.41, 5.74) is 2.14. The van der Waals surface area contributed by atoms with Crippen LogP contribution in [0.2, 0.25) is 0 Å². The van der Waals surface area contributed by atoms with Crippen LogP contribution in [0.3, 0.4) is 0 Å². The molecule has 0 saturated carbocycles. The third-order valence-electron chi connectivity index (χ3n) is 4.48. The minimum atomic E-state index is -0.0878. The summed E-state index contributed by atoms with van der Waals surface area (Å²) < 4.78 is 22.8. The quantitative estimate of drug-likeness (QED) is 0.337. The largest absolute Gasteiger partial charge is 1.00 e. The number of benzene rings is 2. The van der Waals surface area contributed by atoms with E-state index in [1.807, 2.05) is 30.5 Å². The lowest BCUT2D eigenvalue weighted by atomic mass is 10.1. The maximum absolute atomic E-state index is 12.7. The molecule has 8 heteroatoms. The molecule has 0 amide bonds. The summed E-state index contributed by atoms with van der Waals surface area (Å²) in [5, 5.41) is 0. The number of rotatable bonds is 8. The number of Topliss-reactive ketones (excluding diaryl/α,β-unsaturated/α-hetero) is 1. The lowest BCUT2D eigenvalue weighted by molar-refractivity contribution is -0.686. The first-order valence-electron chi connectivity index (χ1n) is 8.92. The van der Waals surface area contributed by atoms with Crippen LogP contribution in [-0.4, -0.2) is 39.2 Å². The molecule has 7 nitrogen and oxygen atoms in total. The maximum Gasteiger partial charge on any atom is 0.287 e. The van der Waals surface area contributed by atoms with Crippen molar-refractivity contribution in [2.45, 2.75) is 6.54 Å². The molecule has 0 spiro atoms. The van der Waals surface area contributed by atoms with Gasteiger partial charge in [0, 0.05) is 17.7 Å². The highest BCUT2D eigenvalue weighted by molar-refractivity contribution is 5.98. The Balaban J connectivity index is 0.00000320. The van der Waals surface area contributed by atoms with Crippen molar-refractivity contribution in [2.24, 2.45) is 0 Å². The molecule has 0 aliphatic carbocycles. The molecule has 0 N–H and O–H groups in total. The molecule has 0 unspecified atom stereocenters. The first-order chi connectivity index (χ1) is 14.1. The number of hydrogen-bond donors (Lipinski definition) is 0. The van der Waals surface area contributed by atoms with Crippen molar-refractivity contribution >= 4 is 5.78 Å². The molecular weight excluding hydrogens is 452 g/mol. The normalized spacial score (nSPS) is 10.0. The highest BCUT2D eigenvalue weighted by Gasteiger charge is 2.17. The van der Waals surface area contributed by atoms with Crippen LogP contribution >= 0.6 is 0 Å². The van der Waals surface area contributed by atoms with Crippen LogP contribution in [0, 0.1) is 0 Å². The lowest BCUT2D eigenvalue weighted by Gasteiger charge is -2.09. The number of halogens is 1. The summed E-state index contributed by atoms with van der Waals surface area (Å²) in [4.78, 5) is 17.2. The maximum atomic E-state index is 12.7. The van der Waals surface area contributed by atoms with Gasteiger partial charge in [0.2, 0.25) is 5.78 Å². The van der Waals surface area contributed by atoms with Crippen molar-refractivity contribution in [3.05, 3.63) is 60.6 Å². The number of carbonyl (C=O) groups excluding carboxylic acids is 1. The summed E-state index contributed by atoms with van der Waals surface area (Å²) in [6, 6.07) is 12.6. The van der Waals surface area contributed by atoms with Crippen molar-refractivity contribution in [1.29, 1.82) is 0 Å². The Morgan fingerprint density at radius 1 is 0.867 bits per heavy atom. The van der Waals surface area contributed by atoms with Gasteiger partial charge in [0.25, 0.3) is 6.33 Å². The fourth-order valence-electron chi connectivity index (χ4n) is 2.92. The fourth-order valence-corrected chi connectivity index (χ4v) is 2.92. The van der Waals surface area contributed by atoms with E-state index in [4.69, 9.17) is 18.9 Å². The van der Waals surface area contributed by atoms with E-state index in [9.17, 15) is 4.79 Å². The fraction of sp³-hybridized carbons (Fsp3) is 0.227. The van der Waals surface area contributed by atoms with Crippen LogP contribution in [0.5, 0.6) is 23.0 Å². The molecule has 2 aromatic carbocycles. The van der Waals surface area contributed by atoms with Crippen molar-refractivity contribution in [1.82, 2.24) is 4.98 Å². The van der Waals surface area contributed by atoms with Crippen LogP contribution < -0.4 is 40.5 Å². The average Bonchev–Trinajstić information content (AvgIpc) is 2.78. The van der Waals surface area contributed by atoms with Crippen LogP contribution in [0.4, 0.5) is 0 Å². The van der Waals surface area contributed by atoms with Crippen molar-refractivity contribution in [3.8, 4) is 34.3 Å². The van der Waals surface area contributed by atoms with Gasteiger partial charge in [-0.1, -0.05) is 0 Å². The van der Waals surface area contributed by atoms with Crippen LogP contribution in [0.1, 0.15) is 10.4 Å². The number of aromatic nitrogens is 2. The standard InChI is InChI=1S/C22H23N2O5.BrH/c1-26-16-6-7-17(21(12-16)28-3)19(25)13-24-10-9-18(23-14-24)15-5-8-20(27-2)22(11-15)29-4;/h5-12,14H,13H2,1-4H3;1H/q+1;/p-1. The number of methoxy groups -OCH3 is 4. The van der Waals surface area contributed by atoms with Gasteiger partial charge in [-0.25, -0.2) is 4.57 Å². The highest BCUT2D eigenvalue weighted by Crippen LogP contribution is 2.31. The summed E-state index contributed by atoms with van der Waals surface area (Å²) in [7, 11) is 6.28. The Kier molecular flexibility index (Phi) is 8.17. The highest BCUT2D eigenvalue weighted by atomic mass is 79.9. The van der Waals surface area contributed by atoms with Crippen molar-refractivity contribution < 1.29 is 45.3 Å². The van der Waals surface area contributed by atoms with Crippen LogP contribution in [0.15, 0.2) is 55.0 Å². The third-order valence-corrected chi connectivity index (χ3v) is 4.48. The predicted molar refractivity (Wildman–Crippen MR) is 107 cm³/mol. The van der Waals surface area contributed by atoms with Gasteiger partial charge in [0.15, 0.2) is 23.7 Å². The third kappa shape index (κ3) is 5.07. The molecule has 0 atom stereocenters. The summed E-state index contributed by atoms with van der Waals surface area (Å²) in [6.07, 6.45) is 3.44. The Morgan fingerprint density at radius 2 is 1.60 bits per heavy atom. The summed E-state index contributed by atoms with van der Waals surface area (Å²) in [5.74, 6) is 2.30. The second-order valence-electron chi connectivity index (χ2n) is 6.18. The molecule has 3 aromatic rings. The molecule has 30 heavy (non-hydrogen) atoms. The van der Waals surface area contributed by atoms with Gasteiger partial charge in [0.05, 0.1) is 40.2 Å². The minimum Gasteiger partial charge on any atom is -1.00 e. The number of ether oxygens (including phenoxy) is 4. The Morgan fingerprint density at radius 3 is 2.20 bits per heavy atom. The van der Waals surface area contributed by atoms with Gasteiger partial charge in [-0.15, -0.1) is 0 Å². The number of nitrogens with zero attached hydrogens (tertiary/aromatic N) is 2. The molecule has 1 aromatic heterocycles. The van der Waals surface area contributed by atoms with Gasteiger partial charge < -0.3 is 35.9 Å². The molecule has 3 rings (SSSR count). The van der Waals surface area contributed by atoms with Gasteiger partial charge in [-0.3, -0.25) is 4.79 Å². The molecule has 0 bridgehead atoms. The lowest BCUT2D eigenvalue weighted by Crippen LogP contribution is -3.00. The van der Waals surface area contributed by atoms with E-state index in [0.29, 0.717) is 28.6 Å². The summed E-state index contributed by atoms with van der Waals surface area (Å²) in [6.45, 7) is 0.141. The molecule has 0 aliphatic rings. The second kappa shape index (κ2) is 10.6. The number of ketones is 1. The predicted octanol–water partition coefficient (Wildman–Crippen LogP) is -0.0426. The zero-order valence-electron chi connectivity index (χ0n) is 17.2. The van der Waals surface area contributed by atoms with E-state index in [-0.39, 0.29) is 29.3 Å². The smallest absolute Gasteiger partial charge is 0.287 e. The molecule has 158 valence electrons. The van der Waals surface area contributed by atoms with Gasteiger partial charge in [0.1, 0.15) is 11.5 Å². The molecular formula is C22H23BrN2O5. The minimum absolute atomic E-state index is 0. The van der Waals surface area contributed by atoms with E-state index in [1.165, 1.54) is 7.11 Å². The average molecular weight is 475 g/mol. The van der Waals surface area contributed by atoms with Crippen molar-refractivity contribution in [2.75, 3.05) is 28.4 Å². The first-order valence-corrected chi connectivity index (χ1v) is 8.92. The monoisotopic (exact) mass is 474 g/mol. The zero-order chi connectivity index (χ0) is 20.8. The molecule has 0 radical (unpaired) electrons. The summed E-state index contributed by atoms with van der Waals surface area (Å²) >= 11 is 0. The van der Waals surface area contributed by atoms with Gasteiger partial charge >= 0.3 is 0 Å². The Hall–Kier alpha value is -3.13.